The molecule has 0 amide bonds. The van der Waals surface area contributed by atoms with Crippen LogP contribution in [0.5, 0.6) is 0 Å². The highest BCUT2D eigenvalue weighted by atomic mass is 79.9. The summed E-state index contributed by atoms with van der Waals surface area (Å²) in [5, 5.41) is 12.5. The second-order valence-corrected chi connectivity index (χ2v) is 6.21. The lowest BCUT2D eigenvalue weighted by molar-refractivity contribution is 0.627. The zero-order valence-corrected chi connectivity index (χ0v) is 14.8. The fourth-order valence-electron chi connectivity index (χ4n) is 1.78. The van der Waals surface area contributed by atoms with Crippen molar-refractivity contribution in [3.8, 4) is 6.07 Å². The third-order valence-corrected chi connectivity index (χ3v) is 3.67. The van der Waals surface area contributed by atoms with Gasteiger partial charge in [-0.3, -0.25) is 0 Å². The fraction of sp³-hybridized carbons (Fsp3) is 0.125. The topological polar surface area (TPSA) is 51.4 Å². The molecular formula is C16H13BrClFN4. The number of nitrogens with one attached hydrogen (secondary N) is 1. The number of nitrogens with zero attached hydrogens (tertiary/aromatic N) is 3. The molecule has 0 bridgehead atoms. The fourth-order valence-corrected chi connectivity index (χ4v) is 2.50. The zero-order chi connectivity index (χ0) is 17.0. The summed E-state index contributed by atoms with van der Waals surface area (Å²) in [5.74, 6) is -0.610. The SMILES string of the molecule is CN(C)C=Nc1ccc(C#N)c(Nc2ccc(Br)cc2Cl)c1F. The number of anilines is 2. The molecular weight excluding hydrogens is 383 g/mol. The zero-order valence-electron chi connectivity index (χ0n) is 12.4. The Morgan fingerprint density at radius 1 is 1.35 bits per heavy atom. The average Bonchev–Trinajstić information content (AvgIpc) is 2.50. The van der Waals surface area contributed by atoms with Gasteiger partial charge in [-0.15, -0.1) is 0 Å². The Morgan fingerprint density at radius 3 is 2.70 bits per heavy atom. The molecule has 0 aliphatic heterocycles. The lowest BCUT2D eigenvalue weighted by Gasteiger charge is -2.13. The van der Waals surface area contributed by atoms with E-state index < -0.39 is 5.82 Å². The van der Waals surface area contributed by atoms with Crippen LogP contribution in [0.15, 0.2) is 39.8 Å². The Labute approximate surface area is 147 Å². The van der Waals surface area contributed by atoms with E-state index in [1.807, 2.05) is 6.07 Å². The van der Waals surface area contributed by atoms with Crippen LogP contribution in [0.3, 0.4) is 0 Å². The van der Waals surface area contributed by atoms with E-state index in [4.69, 9.17) is 11.6 Å². The van der Waals surface area contributed by atoms with Crippen LogP contribution in [0, 0.1) is 17.1 Å². The Kier molecular flexibility index (Phi) is 5.59. The van der Waals surface area contributed by atoms with Crippen molar-refractivity contribution in [2.24, 2.45) is 4.99 Å². The molecule has 0 aromatic heterocycles. The summed E-state index contributed by atoms with van der Waals surface area (Å²) >= 11 is 9.44. The highest BCUT2D eigenvalue weighted by molar-refractivity contribution is 9.10. The van der Waals surface area contributed by atoms with Crippen LogP contribution in [0.1, 0.15) is 5.56 Å². The summed E-state index contributed by atoms with van der Waals surface area (Å²) in [7, 11) is 3.57. The number of hydrogen-bond acceptors (Lipinski definition) is 3. The maximum absolute atomic E-state index is 14.7. The van der Waals surface area contributed by atoms with Gasteiger partial charge in [-0.1, -0.05) is 27.5 Å². The summed E-state index contributed by atoms with van der Waals surface area (Å²) < 4.78 is 15.5. The van der Waals surface area contributed by atoms with Gasteiger partial charge in [-0.2, -0.15) is 5.26 Å². The monoisotopic (exact) mass is 394 g/mol. The predicted octanol–water partition coefficient (Wildman–Crippen LogP) is 5.08. The molecule has 7 heteroatoms. The summed E-state index contributed by atoms with van der Waals surface area (Å²) in [6.07, 6.45) is 1.49. The summed E-state index contributed by atoms with van der Waals surface area (Å²) in [5.41, 5.74) is 0.850. The van der Waals surface area contributed by atoms with E-state index >= 15 is 0 Å². The van der Waals surface area contributed by atoms with Gasteiger partial charge in [0.05, 0.1) is 28.3 Å². The first-order valence-electron chi connectivity index (χ1n) is 6.57. The smallest absolute Gasteiger partial charge is 0.173 e. The van der Waals surface area contributed by atoms with Crippen LogP contribution in [0.25, 0.3) is 0 Å². The minimum atomic E-state index is -0.610. The maximum atomic E-state index is 14.7. The maximum Gasteiger partial charge on any atom is 0.173 e. The molecule has 0 aliphatic carbocycles. The molecule has 4 nitrogen and oxygen atoms in total. The normalized spacial score (nSPS) is 10.6. The van der Waals surface area contributed by atoms with Crippen molar-refractivity contribution >= 4 is 50.9 Å². The van der Waals surface area contributed by atoms with Crippen molar-refractivity contribution in [3.63, 3.8) is 0 Å². The molecule has 2 aromatic rings. The van der Waals surface area contributed by atoms with E-state index in [2.05, 4.69) is 26.2 Å². The molecule has 0 aliphatic rings. The lowest BCUT2D eigenvalue weighted by atomic mass is 10.1. The molecule has 1 N–H and O–H groups in total. The first kappa shape index (κ1) is 17.3. The van der Waals surface area contributed by atoms with Crippen molar-refractivity contribution in [3.05, 3.63) is 51.2 Å². The van der Waals surface area contributed by atoms with Crippen molar-refractivity contribution in [2.75, 3.05) is 19.4 Å². The molecule has 0 fully saturated rings. The van der Waals surface area contributed by atoms with Crippen molar-refractivity contribution in [2.45, 2.75) is 0 Å². The summed E-state index contributed by atoms with van der Waals surface area (Å²) in [4.78, 5) is 5.75. The quantitative estimate of drug-likeness (QED) is 0.580. The molecule has 0 radical (unpaired) electrons. The van der Waals surface area contributed by atoms with Crippen molar-refractivity contribution in [1.82, 2.24) is 4.90 Å². The van der Waals surface area contributed by atoms with E-state index in [1.165, 1.54) is 18.5 Å². The van der Waals surface area contributed by atoms with Gasteiger partial charge in [0.2, 0.25) is 0 Å². The standard InChI is InChI=1S/C16H13BrClFN4/c1-23(2)9-21-14-5-3-10(8-20)16(15(14)19)22-13-6-4-11(17)7-12(13)18/h3-7,9,22H,1-2H3. The molecule has 0 heterocycles. The second-order valence-electron chi connectivity index (χ2n) is 4.89. The summed E-state index contributed by atoms with van der Waals surface area (Å²) in [6, 6.07) is 10.1. The molecule has 0 unspecified atom stereocenters. The van der Waals surface area contributed by atoms with Gasteiger partial charge in [0.15, 0.2) is 5.82 Å². The summed E-state index contributed by atoms with van der Waals surface area (Å²) in [6.45, 7) is 0. The molecule has 0 saturated carbocycles. The van der Waals surface area contributed by atoms with Gasteiger partial charge in [0.25, 0.3) is 0 Å². The van der Waals surface area contributed by atoms with Crippen LogP contribution >= 0.6 is 27.5 Å². The number of aliphatic imine (C=N–C) groups is 1. The Balaban J connectivity index is 2.47. The Bertz CT molecular complexity index is 799. The third kappa shape index (κ3) is 4.21. The van der Waals surface area contributed by atoms with Crippen LogP contribution in [-0.2, 0) is 0 Å². The van der Waals surface area contributed by atoms with Gasteiger partial charge >= 0.3 is 0 Å². The predicted molar refractivity (Wildman–Crippen MR) is 95.4 cm³/mol. The molecule has 0 saturated heterocycles. The molecule has 2 aromatic carbocycles. The van der Waals surface area contributed by atoms with Gasteiger partial charge in [0.1, 0.15) is 11.8 Å². The average molecular weight is 396 g/mol. The number of benzene rings is 2. The van der Waals surface area contributed by atoms with Crippen LogP contribution < -0.4 is 5.32 Å². The minimum Gasteiger partial charge on any atom is -0.369 e. The first-order chi connectivity index (χ1) is 10.9. The highest BCUT2D eigenvalue weighted by Crippen LogP contribution is 2.34. The van der Waals surface area contributed by atoms with Crippen LogP contribution in [0.4, 0.5) is 21.5 Å². The largest absolute Gasteiger partial charge is 0.369 e. The van der Waals surface area contributed by atoms with E-state index in [0.29, 0.717) is 10.7 Å². The Morgan fingerprint density at radius 2 is 2.09 bits per heavy atom. The van der Waals surface area contributed by atoms with Gasteiger partial charge in [-0.05, 0) is 30.3 Å². The van der Waals surface area contributed by atoms with Crippen LogP contribution in [-0.4, -0.2) is 25.3 Å². The Hall–Kier alpha value is -2.10. The lowest BCUT2D eigenvalue weighted by Crippen LogP contribution is -2.07. The van der Waals surface area contributed by atoms with Gasteiger partial charge < -0.3 is 10.2 Å². The number of halogens is 3. The highest BCUT2D eigenvalue weighted by Gasteiger charge is 2.14. The van der Waals surface area contributed by atoms with E-state index in [-0.39, 0.29) is 16.9 Å². The van der Waals surface area contributed by atoms with Gasteiger partial charge in [-0.25, -0.2) is 9.38 Å². The minimum absolute atomic E-state index is 0.0464. The van der Waals surface area contributed by atoms with Gasteiger partial charge in [0, 0.05) is 18.6 Å². The first-order valence-corrected chi connectivity index (χ1v) is 7.74. The third-order valence-electron chi connectivity index (χ3n) is 2.86. The number of rotatable bonds is 4. The van der Waals surface area contributed by atoms with Crippen molar-refractivity contribution in [1.29, 1.82) is 5.26 Å². The number of nitriles is 1. The molecule has 23 heavy (non-hydrogen) atoms. The molecule has 118 valence electrons. The van der Waals surface area contributed by atoms with E-state index in [1.54, 1.807) is 37.2 Å². The molecule has 2 rings (SSSR count). The van der Waals surface area contributed by atoms with Crippen molar-refractivity contribution < 1.29 is 4.39 Å². The second kappa shape index (κ2) is 7.44. The van der Waals surface area contributed by atoms with E-state index in [9.17, 15) is 9.65 Å². The van der Waals surface area contributed by atoms with E-state index in [0.717, 1.165) is 4.47 Å². The molecule has 0 spiro atoms. The van der Waals surface area contributed by atoms with Crippen LogP contribution in [0.2, 0.25) is 5.02 Å². The number of hydrogen-bond donors (Lipinski definition) is 1. The molecule has 0 atom stereocenters.